The van der Waals surface area contributed by atoms with E-state index in [1.807, 2.05) is 0 Å². The molecule has 0 heterocycles. The number of hydrogen-bond acceptors (Lipinski definition) is 4. The number of carbonyl (C=O) groups is 3. The highest BCUT2D eigenvalue weighted by Crippen LogP contribution is 2.13. The van der Waals surface area contributed by atoms with Crippen molar-refractivity contribution < 1.29 is 19.1 Å². The lowest BCUT2D eigenvalue weighted by atomic mass is 9.95. The molecule has 0 N–H and O–H groups in total. The molecule has 1 saturated carbocycles. The zero-order valence-corrected chi connectivity index (χ0v) is 5.91. The average Bonchev–Trinajstić information content (AvgIpc) is 1.85. The fourth-order valence-electron chi connectivity index (χ4n) is 1.12. The first-order chi connectivity index (χ1) is 5.22. The molecule has 1 aliphatic carbocycles. The van der Waals surface area contributed by atoms with Gasteiger partial charge in [-0.05, 0) is 0 Å². The molecule has 11 heavy (non-hydrogen) atoms. The van der Waals surface area contributed by atoms with Crippen molar-refractivity contribution in [2.24, 2.45) is 0 Å². The van der Waals surface area contributed by atoms with E-state index in [-0.39, 0.29) is 37.3 Å². The summed E-state index contributed by atoms with van der Waals surface area (Å²) in [4.78, 5) is 31.3. The van der Waals surface area contributed by atoms with Crippen molar-refractivity contribution in [3.8, 4) is 0 Å². The van der Waals surface area contributed by atoms with Crippen LogP contribution in [0.4, 0.5) is 0 Å². The van der Waals surface area contributed by atoms with Gasteiger partial charge in [-0.1, -0.05) is 0 Å². The normalized spacial score (nSPS) is 20.0. The number of hydrogen-bond donors (Lipinski definition) is 0. The minimum atomic E-state index is -0.513. The minimum Gasteiger partial charge on any atom is -0.464 e. The second-order valence-corrected chi connectivity index (χ2v) is 2.52. The minimum absolute atomic E-state index is 0.00127. The Bertz CT molecular complexity index is 181. The van der Waals surface area contributed by atoms with Crippen molar-refractivity contribution in [1.82, 2.24) is 0 Å². The summed E-state index contributed by atoms with van der Waals surface area (Å²) in [5.74, 6) is -0.291. The van der Waals surface area contributed by atoms with Crippen LogP contribution in [0.5, 0.6) is 0 Å². The van der Waals surface area contributed by atoms with Gasteiger partial charge in [0.2, 0.25) is 0 Å². The summed E-state index contributed by atoms with van der Waals surface area (Å²) >= 11 is 0. The zero-order chi connectivity index (χ0) is 8.27. The highest BCUT2D eigenvalue weighted by atomic mass is 16.5. The van der Waals surface area contributed by atoms with Gasteiger partial charge in [-0.15, -0.1) is 0 Å². The fourth-order valence-corrected chi connectivity index (χ4v) is 1.12. The summed E-state index contributed by atoms with van der Waals surface area (Å²) in [7, 11) is 0. The van der Waals surface area contributed by atoms with E-state index in [4.69, 9.17) is 0 Å². The topological polar surface area (TPSA) is 60.4 Å². The molecular formula is C7H8O4. The van der Waals surface area contributed by atoms with E-state index >= 15 is 0 Å². The quantitative estimate of drug-likeness (QED) is 0.412. The van der Waals surface area contributed by atoms with E-state index in [1.165, 1.54) is 0 Å². The number of Topliss-reactive ketones (excluding diaryl/α,β-unsaturated/α-hetero) is 2. The van der Waals surface area contributed by atoms with E-state index < -0.39 is 6.10 Å². The Balaban J connectivity index is 2.49. The van der Waals surface area contributed by atoms with Crippen molar-refractivity contribution >= 4 is 18.0 Å². The molecule has 1 rings (SSSR count). The Morgan fingerprint density at radius 1 is 1.27 bits per heavy atom. The van der Waals surface area contributed by atoms with Crippen molar-refractivity contribution in [2.75, 3.05) is 0 Å². The van der Waals surface area contributed by atoms with Crippen LogP contribution in [0.2, 0.25) is 0 Å². The maximum absolute atomic E-state index is 10.7. The second-order valence-electron chi connectivity index (χ2n) is 2.52. The summed E-state index contributed by atoms with van der Waals surface area (Å²) in [5.41, 5.74) is 0. The van der Waals surface area contributed by atoms with Crippen LogP contribution in [0.3, 0.4) is 0 Å². The molecule has 0 unspecified atom stereocenters. The predicted octanol–water partition coefficient (Wildman–Crippen LogP) is -0.150. The summed E-state index contributed by atoms with van der Waals surface area (Å²) in [6.45, 7) is 0.274. The van der Waals surface area contributed by atoms with Gasteiger partial charge < -0.3 is 4.74 Å². The van der Waals surface area contributed by atoms with Crippen LogP contribution >= 0.6 is 0 Å². The molecule has 60 valence electrons. The number of carbonyl (C=O) groups excluding carboxylic acids is 3. The summed E-state index contributed by atoms with van der Waals surface area (Å²) in [5, 5.41) is 0. The lowest BCUT2D eigenvalue weighted by Gasteiger charge is -2.17. The third-order valence-corrected chi connectivity index (χ3v) is 1.55. The Hall–Kier alpha value is -1.19. The van der Waals surface area contributed by atoms with Crippen LogP contribution in [-0.4, -0.2) is 24.1 Å². The van der Waals surface area contributed by atoms with Gasteiger partial charge in [-0.2, -0.15) is 0 Å². The van der Waals surface area contributed by atoms with Crippen molar-refractivity contribution in [2.45, 2.75) is 25.4 Å². The van der Waals surface area contributed by atoms with Gasteiger partial charge in [0, 0.05) is 12.8 Å². The molecule has 0 atom stereocenters. The lowest BCUT2D eigenvalue weighted by Crippen LogP contribution is -2.28. The Morgan fingerprint density at radius 2 is 1.82 bits per heavy atom. The third kappa shape index (κ3) is 2.14. The molecule has 0 radical (unpaired) electrons. The van der Waals surface area contributed by atoms with Crippen molar-refractivity contribution in [1.29, 1.82) is 0 Å². The van der Waals surface area contributed by atoms with Gasteiger partial charge in [0.15, 0.2) is 0 Å². The molecule has 0 bridgehead atoms. The number of rotatable bonds is 2. The van der Waals surface area contributed by atoms with E-state index in [2.05, 4.69) is 4.74 Å². The lowest BCUT2D eigenvalue weighted by molar-refractivity contribution is -0.142. The number of ketones is 2. The van der Waals surface area contributed by atoms with E-state index in [1.54, 1.807) is 0 Å². The standard InChI is InChI=1S/C7H8O4/c8-4-11-7-2-5(9)1-6(10)3-7/h4,7H,1-3H2. The first-order valence-electron chi connectivity index (χ1n) is 3.35. The van der Waals surface area contributed by atoms with E-state index in [0.717, 1.165) is 0 Å². The monoisotopic (exact) mass is 156 g/mol. The van der Waals surface area contributed by atoms with Crippen LogP contribution in [0, 0.1) is 0 Å². The Morgan fingerprint density at radius 3 is 2.27 bits per heavy atom. The SMILES string of the molecule is O=COC1CC(=O)CC(=O)C1. The summed E-state index contributed by atoms with van der Waals surface area (Å²) in [6.07, 6.45) is -0.144. The molecule has 1 aliphatic rings. The molecule has 1 fully saturated rings. The van der Waals surface area contributed by atoms with Crippen molar-refractivity contribution in [3.05, 3.63) is 0 Å². The van der Waals surface area contributed by atoms with Gasteiger partial charge in [-0.25, -0.2) is 0 Å². The molecular weight excluding hydrogens is 148 g/mol. The van der Waals surface area contributed by atoms with Crippen LogP contribution in [0.1, 0.15) is 19.3 Å². The van der Waals surface area contributed by atoms with Crippen molar-refractivity contribution in [3.63, 3.8) is 0 Å². The molecule has 4 nitrogen and oxygen atoms in total. The molecule has 0 aliphatic heterocycles. The van der Waals surface area contributed by atoms with Gasteiger partial charge in [-0.3, -0.25) is 14.4 Å². The van der Waals surface area contributed by atoms with Crippen LogP contribution in [0.15, 0.2) is 0 Å². The molecule has 4 heteroatoms. The first kappa shape index (κ1) is 7.91. The molecule has 0 aromatic carbocycles. The highest BCUT2D eigenvalue weighted by molar-refractivity contribution is 6.01. The predicted molar refractivity (Wildman–Crippen MR) is 34.8 cm³/mol. The summed E-state index contributed by atoms with van der Waals surface area (Å²) < 4.78 is 4.50. The summed E-state index contributed by atoms with van der Waals surface area (Å²) in [6, 6.07) is 0. The third-order valence-electron chi connectivity index (χ3n) is 1.55. The number of ether oxygens (including phenoxy) is 1. The van der Waals surface area contributed by atoms with E-state index in [9.17, 15) is 14.4 Å². The average molecular weight is 156 g/mol. The highest BCUT2D eigenvalue weighted by Gasteiger charge is 2.25. The van der Waals surface area contributed by atoms with Gasteiger partial charge >= 0.3 is 0 Å². The second kappa shape index (κ2) is 3.27. The molecule has 0 spiro atoms. The fraction of sp³-hybridized carbons (Fsp3) is 0.571. The Labute approximate surface area is 63.5 Å². The maximum Gasteiger partial charge on any atom is 0.293 e. The molecule has 0 aromatic heterocycles. The zero-order valence-electron chi connectivity index (χ0n) is 5.91. The van der Waals surface area contributed by atoms with Crippen LogP contribution in [0.25, 0.3) is 0 Å². The van der Waals surface area contributed by atoms with Gasteiger partial charge in [0.05, 0.1) is 6.42 Å². The van der Waals surface area contributed by atoms with Crippen LogP contribution in [-0.2, 0) is 19.1 Å². The first-order valence-corrected chi connectivity index (χ1v) is 3.35. The Kier molecular flexibility index (Phi) is 2.36. The molecule has 0 saturated heterocycles. The molecule has 0 amide bonds. The largest absolute Gasteiger partial charge is 0.464 e. The van der Waals surface area contributed by atoms with Gasteiger partial charge in [0.25, 0.3) is 6.47 Å². The van der Waals surface area contributed by atoms with Crippen LogP contribution < -0.4 is 0 Å². The smallest absolute Gasteiger partial charge is 0.293 e. The maximum atomic E-state index is 10.7. The molecule has 0 aromatic rings. The van der Waals surface area contributed by atoms with E-state index in [0.29, 0.717) is 0 Å². The van der Waals surface area contributed by atoms with Gasteiger partial charge in [0.1, 0.15) is 17.7 Å².